The highest BCUT2D eigenvalue weighted by Gasteiger charge is 2.06. The lowest BCUT2D eigenvalue weighted by Gasteiger charge is -2.20. The van der Waals surface area contributed by atoms with Crippen molar-refractivity contribution < 1.29 is 4.84 Å². The number of nitrogens with zero attached hydrogens (tertiary/aromatic N) is 1. The molecule has 0 spiro atoms. The van der Waals surface area contributed by atoms with E-state index in [0.29, 0.717) is 13.2 Å². The van der Waals surface area contributed by atoms with Gasteiger partial charge in [0.1, 0.15) is 0 Å². The maximum absolute atomic E-state index is 6.05. The van der Waals surface area contributed by atoms with E-state index in [1.54, 1.807) is 5.17 Å². The summed E-state index contributed by atoms with van der Waals surface area (Å²) in [5, 5.41) is 2.45. The third-order valence-corrected chi connectivity index (χ3v) is 2.34. The van der Waals surface area contributed by atoms with Gasteiger partial charge in [-0.25, -0.2) is 5.43 Å². The number of halogens is 1. The smallest absolute Gasteiger partial charge is 0.0699 e. The van der Waals surface area contributed by atoms with Gasteiger partial charge in [0.15, 0.2) is 0 Å². The Balaban J connectivity index is 2.54. The molecular formula is C11H17ClN2O. The van der Waals surface area contributed by atoms with Crippen LogP contribution in [0.4, 0.5) is 0 Å². The largest absolute Gasteiger partial charge is 0.284 e. The van der Waals surface area contributed by atoms with Crippen molar-refractivity contribution in [1.29, 1.82) is 0 Å². The SMILES string of the molecule is CCCON(Cc1ccccc1Cl)NC. The third kappa shape index (κ3) is 4.18. The van der Waals surface area contributed by atoms with Crippen molar-refractivity contribution >= 4 is 11.6 Å². The molecule has 0 amide bonds. The molecule has 1 N–H and O–H groups in total. The molecule has 84 valence electrons. The number of nitrogens with one attached hydrogen (secondary N) is 1. The molecule has 0 radical (unpaired) electrons. The molecule has 0 aromatic heterocycles. The second kappa shape index (κ2) is 6.80. The number of hydrogen-bond acceptors (Lipinski definition) is 3. The fraction of sp³-hybridized carbons (Fsp3) is 0.455. The summed E-state index contributed by atoms with van der Waals surface area (Å²) in [6.45, 7) is 3.41. The van der Waals surface area contributed by atoms with Crippen molar-refractivity contribution in [1.82, 2.24) is 10.6 Å². The minimum Gasteiger partial charge on any atom is -0.284 e. The van der Waals surface area contributed by atoms with Crippen molar-refractivity contribution in [3.05, 3.63) is 34.9 Å². The van der Waals surface area contributed by atoms with Crippen LogP contribution in [-0.4, -0.2) is 18.8 Å². The molecule has 4 heteroatoms. The Morgan fingerprint density at radius 3 is 2.73 bits per heavy atom. The molecule has 0 atom stereocenters. The summed E-state index contributed by atoms with van der Waals surface area (Å²) in [5.41, 5.74) is 4.01. The van der Waals surface area contributed by atoms with E-state index in [4.69, 9.17) is 16.4 Å². The lowest BCUT2D eigenvalue weighted by Crippen LogP contribution is -2.34. The van der Waals surface area contributed by atoms with Gasteiger partial charge in [-0.2, -0.15) is 0 Å². The van der Waals surface area contributed by atoms with Crippen LogP contribution in [-0.2, 0) is 11.4 Å². The van der Waals surface area contributed by atoms with E-state index in [9.17, 15) is 0 Å². The summed E-state index contributed by atoms with van der Waals surface area (Å²) in [7, 11) is 1.83. The highest BCUT2D eigenvalue weighted by atomic mass is 35.5. The summed E-state index contributed by atoms with van der Waals surface area (Å²) >= 11 is 6.05. The second-order valence-corrected chi connectivity index (χ2v) is 3.59. The fourth-order valence-electron chi connectivity index (χ4n) is 1.17. The minimum absolute atomic E-state index is 0.635. The van der Waals surface area contributed by atoms with Gasteiger partial charge >= 0.3 is 0 Å². The van der Waals surface area contributed by atoms with Crippen molar-refractivity contribution in [3.8, 4) is 0 Å². The van der Waals surface area contributed by atoms with E-state index < -0.39 is 0 Å². The van der Waals surface area contributed by atoms with Crippen LogP contribution in [0.3, 0.4) is 0 Å². The average Bonchev–Trinajstić information content (AvgIpc) is 2.26. The van der Waals surface area contributed by atoms with Gasteiger partial charge in [-0.05, 0) is 18.1 Å². The molecule has 15 heavy (non-hydrogen) atoms. The Bertz CT molecular complexity index is 294. The minimum atomic E-state index is 0.635. The van der Waals surface area contributed by atoms with Gasteiger partial charge in [0.25, 0.3) is 0 Å². The molecule has 1 aromatic carbocycles. The highest BCUT2D eigenvalue weighted by Crippen LogP contribution is 2.16. The van der Waals surface area contributed by atoms with Crippen molar-refractivity contribution in [3.63, 3.8) is 0 Å². The quantitative estimate of drug-likeness (QED) is 0.758. The van der Waals surface area contributed by atoms with Gasteiger partial charge in [-0.3, -0.25) is 4.84 Å². The first-order chi connectivity index (χ1) is 7.27. The summed E-state index contributed by atoms with van der Waals surface area (Å²) in [6, 6.07) is 7.75. The summed E-state index contributed by atoms with van der Waals surface area (Å²) in [5.74, 6) is 0. The zero-order chi connectivity index (χ0) is 11.1. The van der Waals surface area contributed by atoms with Crippen LogP contribution >= 0.6 is 11.6 Å². The molecule has 0 bridgehead atoms. The van der Waals surface area contributed by atoms with Crippen LogP contribution < -0.4 is 5.43 Å². The van der Waals surface area contributed by atoms with Gasteiger partial charge in [0, 0.05) is 12.1 Å². The molecule has 0 aliphatic carbocycles. The van der Waals surface area contributed by atoms with E-state index in [0.717, 1.165) is 17.0 Å². The van der Waals surface area contributed by atoms with E-state index in [1.807, 2.05) is 31.3 Å². The van der Waals surface area contributed by atoms with Gasteiger partial charge in [0.05, 0.1) is 13.2 Å². The van der Waals surface area contributed by atoms with Crippen LogP contribution in [0.2, 0.25) is 5.02 Å². The maximum atomic E-state index is 6.05. The van der Waals surface area contributed by atoms with E-state index in [2.05, 4.69) is 12.3 Å². The summed E-state index contributed by atoms with van der Waals surface area (Å²) in [6.07, 6.45) is 0.987. The number of hydroxylamine groups is 1. The lowest BCUT2D eigenvalue weighted by molar-refractivity contribution is -0.198. The average molecular weight is 229 g/mol. The fourth-order valence-corrected chi connectivity index (χ4v) is 1.37. The zero-order valence-corrected chi connectivity index (χ0v) is 9.92. The number of hydrogen-bond donors (Lipinski definition) is 1. The molecule has 1 aromatic rings. The summed E-state index contributed by atoms with van der Waals surface area (Å²) < 4.78 is 0. The Morgan fingerprint density at radius 2 is 2.13 bits per heavy atom. The Kier molecular flexibility index (Phi) is 5.65. The predicted molar refractivity (Wildman–Crippen MR) is 62.3 cm³/mol. The molecule has 0 aliphatic heterocycles. The molecule has 0 unspecified atom stereocenters. The first-order valence-electron chi connectivity index (χ1n) is 5.09. The van der Waals surface area contributed by atoms with Gasteiger partial charge in [-0.1, -0.05) is 36.7 Å². The van der Waals surface area contributed by atoms with Crippen LogP contribution in [0.5, 0.6) is 0 Å². The van der Waals surface area contributed by atoms with Crippen LogP contribution in [0.15, 0.2) is 24.3 Å². The highest BCUT2D eigenvalue weighted by molar-refractivity contribution is 6.31. The van der Waals surface area contributed by atoms with E-state index >= 15 is 0 Å². The molecule has 0 fully saturated rings. The molecule has 3 nitrogen and oxygen atoms in total. The Labute approximate surface area is 95.9 Å². The van der Waals surface area contributed by atoms with Gasteiger partial charge in [-0.15, -0.1) is 5.17 Å². The topological polar surface area (TPSA) is 24.5 Å². The molecule has 0 saturated carbocycles. The van der Waals surface area contributed by atoms with Gasteiger partial charge in [0.2, 0.25) is 0 Å². The standard InChI is InChI=1S/C11H17ClN2O/c1-3-8-15-14(13-2)9-10-6-4-5-7-11(10)12/h4-7,13H,3,8-9H2,1-2H3. The summed E-state index contributed by atoms with van der Waals surface area (Å²) in [4.78, 5) is 5.46. The number of rotatable bonds is 6. The number of hydrazine groups is 1. The molecule has 0 aliphatic rings. The zero-order valence-electron chi connectivity index (χ0n) is 9.16. The van der Waals surface area contributed by atoms with Crippen molar-refractivity contribution in [2.24, 2.45) is 0 Å². The van der Waals surface area contributed by atoms with Crippen LogP contribution in [0.1, 0.15) is 18.9 Å². The van der Waals surface area contributed by atoms with Crippen LogP contribution in [0.25, 0.3) is 0 Å². The first kappa shape index (κ1) is 12.5. The van der Waals surface area contributed by atoms with E-state index in [1.165, 1.54) is 0 Å². The van der Waals surface area contributed by atoms with E-state index in [-0.39, 0.29) is 0 Å². The predicted octanol–water partition coefficient (Wildman–Crippen LogP) is 2.62. The van der Waals surface area contributed by atoms with Gasteiger partial charge < -0.3 is 0 Å². The van der Waals surface area contributed by atoms with Crippen molar-refractivity contribution in [2.45, 2.75) is 19.9 Å². The number of benzene rings is 1. The van der Waals surface area contributed by atoms with Crippen molar-refractivity contribution in [2.75, 3.05) is 13.7 Å². The molecular weight excluding hydrogens is 212 g/mol. The normalized spacial score (nSPS) is 10.9. The Morgan fingerprint density at radius 1 is 1.40 bits per heavy atom. The van der Waals surface area contributed by atoms with Crippen LogP contribution in [0, 0.1) is 0 Å². The maximum Gasteiger partial charge on any atom is 0.0699 e. The Hall–Kier alpha value is -0.610. The monoisotopic (exact) mass is 228 g/mol. The first-order valence-corrected chi connectivity index (χ1v) is 5.47. The molecule has 0 saturated heterocycles. The third-order valence-electron chi connectivity index (χ3n) is 1.97. The second-order valence-electron chi connectivity index (χ2n) is 3.18. The molecule has 0 heterocycles. The molecule has 1 rings (SSSR count). The lowest BCUT2D eigenvalue weighted by atomic mass is 10.2.